The summed E-state index contributed by atoms with van der Waals surface area (Å²) in [5, 5.41) is 9.31. The van der Waals surface area contributed by atoms with Gasteiger partial charge in [-0.2, -0.15) is 5.26 Å². The van der Waals surface area contributed by atoms with E-state index in [0.29, 0.717) is 5.92 Å². The van der Waals surface area contributed by atoms with Gasteiger partial charge in [-0.05, 0) is 24.4 Å². The second-order valence-electron chi connectivity index (χ2n) is 4.96. The van der Waals surface area contributed by atoms with Crippen molar-refractivity contribution in [3.05, 3.63) is 35.9 Å². The lowest BCUT2D eigenvalue weighted by molar-refractivity contribution is 0.153. The molecule has 1 aromatic carbocycles. The van der Waals surface area contributed by atoms with Crippen molar-refractivity contribution in [2.45, 2.75) is 12.3 Å². The van der Waals surface area contributed by atoms with Crippen molar-refractivity contribution < 1.29 is 4.74 Å². The Morgan fingerprint density at radius 1 is 1.44 bits per heavy atom. The molecule has 3 nitrogen and oxygen atoms in total. The number of benzene rings is 1. The Hall–Kier alpha value is -1.37. The van der Waals surface area contributed by atoms with Crippen LogP contribution < -0.4 is 0 Å². The van der Waals surface area contributed by atoms with Gasteiger partial charge in [0.05, 0.1) is 18.6 Å². The molecule has 1 aromatic rings. The highest BCUT2D eigenvalue weighted by Gasteiger charge is 2.24. The summed E-state index contributed by atoms with van der Waals surface area (Å²) in [4.78, 5) is 2.38. The van der Waals surface area contributed by atoms with Crippen LogP contribution in [0.2, 0.25) is 0 Å². The molecule has 96 valence electrons. The van der Waals surface area contributed by atoms with Crippen LogP contribution in [-0.4, -0.2) is 38.3 Å². The second kappa shape index (κ2) is 6.53. The van der Waals surface area contributed by atoms with Crippen LogP contribution >= 0.6 is 0 Å². The van der Waals surface area contributed by atoms with E-state index in [0.717, 1.165) is 31.8 Å². The molecule has 0 aliphatic carbocycles. The van der Waals surface area contributed by atoms with Gasteiger partial charge in [-0.3, -0.25) is 0 Å². The monoisotopic (exact) mass is 244 g/mol. The maximum Gasteiger partial charge on any atom is 0.0839 e. The van der Waals surface area contributed by atoms with Crippen molar-refractivity contribution in [2.75, 3.05) is 33.4 Å². The fourth-order valence-corrected chi connectivity index (χ4v) is 2.61. The van der Waals surface area contributed by atoms with Gasteiger partial charge < -0.3 is 9.64 Å². The van der Waals surface area contributed by atoms with Gasteiger partial charge in [0, 0.05) is 20.2 Å². The van der Waals surface area contributed by atoms with E-state index in [2.05, 4.69) is 11.0 Å². The van der Waals surface area contributed by atoms with E-state index in [1.807, 2.05) is 30.3 Å². The van der Waals surface area contributed by atoms with Gasteiger partial charge in [0.2, 0.25) is 0 Å². The fraction of sp³-hybridized carbons (Fsp3) is 0.533. The van der Waals surface area contributed by atoms with E-state index in [1.54, 1.807) is 7.11 Å². The summed E-state index contributed by atoms with van der Waals surface area (Å²) in [6, 6.07) is 12.5. The molecule has 1 heterocycles. The number of hydrogen-bond donors (Lipinski definition) is 0. The van der Waals surface area contributed by atoms with Crippen LogP contribution in [0.25, 0.3) is 0 Å². The molecule has 18 heavy (non-hydrogen) atoms. The zero-order chi connectivity index (χ0) is 12.8. The average molecular weight is 244 g/mol. The summed E-state index contributed by atoms with van der Waals surface area (Å²) in [7, 11) is 1.75. The Labute approximate surface area is 109 Å². The van der Waals surface area contributed by atoms with E-state index in [1.165, 1.54) is 6.42 Å². The standard InChI is InChI=1S/C15H20N2O/c1-18-12-13-7-8-17(10-13)11-15(9-16)14-5-3-2-4-6-14/h2-6,13,15H,7-8,10-12H2,1H3. The molecule has 0 saturated carbocycles. The molecule has 1 fully saturated rings. The molecule has 0 spiro atoms. The average Bonchev–Trinajstić information content (AvgIpc) is 2.85. The molecule has 0 N–H and O–H groups in total. The van der Waals surface area contributed by atoms with Gasteiger partial charge >= 0.3 is 0 Å². The summed E-state index contributed by atoms with van der Waals surface area (Å²) < 4.78 is 5.20. The minimum atomic E-state index is -0.0208. The third kappa shape index (κ3) is 3.32. The molecule has 1 aliphatic heterocycles. The molecular formula is C15H20N2O. The molecule has 1 aliphatic rings. The molecule has 2 unspecified atom stereocenters. The number of likely N-dealkylation sites (tertiary alicyclic amines) is 1. The Bertz CT molecular complexity index is 399. The normalized spacial score (nSPS) is 21.7. The summed E-state index contributed by atoms with van der Waals surface area (Å²) in [5.41, 5.74) is 1.12. The first-order valence-electron chi connectivity index (χ1n) is 6.49. The van der Waals surface area contributed by atoms with Crippen molar-refractivity contribution in [1.82, 2.24) is 4.90 Å². The van der Waals surface area contributed by atoms with Gasteiger partial charge in [0.25, 0.3) is 0 Å². The van der Waals surface area contributed by atoms with Crippen LogP contribution in [-0.2, 0) is 4.74 Å². The Morgan fingerprint density at radius 2 is 2.22 bits per heavy atom. The summed E-state index contributed by atoms with van der Waals surface area (Å²) in [5.74, 6) is 0.609. The SMILES string of the molecule is COCC1CCN(CC(C#N)c2ccccc2)C1. The molecule has 0 aromatic heterocycles. The lowest BCUT2D eigenvalue weighted by Gasteiger charge is -2.19. The minimum Gasteiger partial charge on any atom is -0.384 e. The van der Waals surface area contributed by atoms with Crippen LogP contribution in [0.15, 0.2) is 30.3 Å². The van der Waals surface area contributed by atoms with Crippen LogP contribution in [0.4, 0.5) is 0 Å². The van der Waals surface area contributed by atoms with E-state index < -0.39 is 0 Å². The highest BCUT2D eigenvalue weighted by molar-refractivity contribution is 5.25. The third-order valence-corrected chi connectivity index (χ3v) is 3.57. The van der Waals surface area contributed by atoms with E-state index in [4.69, 9.17) is 4.74 Å². The van der Waals surface area contributed by atoms with Crippen molar-refractivity contribution in [3.8, 4) is 6.07 Å². The topological polar surface area (TPSA) is 36.3 Å². The first kappa shape index (κ1) is 13.1. The van der Waals surface area contributed by atoms with Crippen molar-refractivity contribution in [2.24, 2.45) is 5.92 Å². The molecule has 0 radical (unpaired) electrons. The number of nitrogens with zero attached hydrogens (tertiary/aromatic N) is 2. The largest absolute Gasteiger partial charge is 0.384 e. The van der Waals surface area contributed by atoms with Crippen LogP contribution in [0.5, 0.6) is 0 Å². The fourth-order valence-electron chi connectivity index (χ4n) is 2.61. The quantitative estimate of drug-likeness (QED) is 0.797. The van der Waals surface area contributed by atoms with Gasteiger partial charge in [0.1, 0.15) is 0 Å². The first-order valence-corrected chi connectivity index (χ1v) is 6.49. The van der Waals surface area contributed by atoms with Crippen molar-refractivity contribution >= 4 is 0 Å². The lowest BCUT2D eigenvalue weighted by Crippen LogP contribution is -2.26. The molecule has 1 saturated heterocycles. The van der Waals surface area contributed by atoms with E-state index in [-0.39, 0.29) is 5.92 Å². The Morgan fingerprint density at radius 3 is 2.89 bits per heavy atom. The highest BCUT2D eigenvalue weighted by atomic mass is 16.5. The van der Waals surface area contributed by atoms with Crippen molar-refractivity contribution in [3.63, 3.8) is 0 Å². The van der Waals surface area contributed by atoms with Crippen LogP contribution in [0, 0.1) is 17.2 Å². The number of nitriles is 1. The second-order valence-corrected chi connectivity index (χ2v) is 4.96. The maximum absolute atomic E-state index is 9.31. The highest BCUT2D eigenvalue weighted by Crippen LogP contribution is 2.21. The zero-order valence-electron chi connectivity index (χ0n) is 10.9. The maximum atomic E-state index is 9.31. The van der Waals surface area contributed by atoms with E-state index >= 15 is 0 Å². The summed E-state index contributed by atoms with van der Waals surface area (Å²) in [6.07, 6.45) is 1.18. The Kier molecular flexibility index (Phi) is 4.74. The van der Waals surface area contributed by atoms with Crippen LogP contribution in [0.1, 0.15) is 17.9 Å². The Balaban J connectivity index is 1.91. The number of rotatable bonds is 5. The van der Waals surface area contributed by atoms with Crippen molar-refractivity contribution in [1.29, 1.82) is 5.26 Å². The van der Waals surface area contributed by atoms with Gasteiger partial charge in [-0.15, -0.1) is 0 Å². The predicted molar refractivity (Wildman–Crippen MR) is 71.2 cm³/mol. The molecular weight excluding hydrogens is 224 g/mol. The van der Waals surface area contributed by atoms with E-state index in [9.17, 15) is 5.26 Å². The molecule has 3 heteroatoms. The number of hydrogen-bond acceptors (Lipinski definition) is 3. The number of methoxy groups -OCH3 is 1. The van der Waals surface area contributed by atoms with Gasteiger partial charge in [-0.25, -0.2) is 0 Å². The summed E-state index contributed by atoms with van der Waals surface area (Å²) in [6.45, 7) is 3.80. The minimum absolute atomic E-state index is 0.0208. The molecule has 2 atom stereocenters. The van der Waals surface area contributed by atoms with Crippen LogP contribution in [0.3, 0.4) is 0 Å². The molecule has 0 amide bonds. The first-order chi connectivity index (χ1) is 8.83. The smallest absolute Gasteiger partial charge is 0.0839 e. The predicted octanol–water partition coefficient (Wildman–Crippen LogP) is 2.26. The molecule has 0 bridgehead atoms. The number of ether oxygens (including phenoxy) is 1. The summed E-state index contributed by atoms with van der Waals surface area (Å²) >= 11 is 0. The zero-order valence-corrected chi connectivity index (χ0v) is 10.9. The van der Waals surface area contributed by atoms with Gasteiger partial charge in [0.15, 0.2) is 0 Å². The van der Waals surface area contributed by atoms with Gasteiger partial charge in [-0.1, -0.05) is 30.3 Å². The lowest BCUT2D eigenvalue weighted by atomic mass is 10.0. The third-order valence-electron chi connectivity index (χ3n) is 3.57. The molecule has 2 rings (SSSR count).